The summed E-state index contributed by atoms with van der Waals surface area (Å²) in [5.74, 6) is 2.50. The van der Waals surface area contributed by atoms with E-state index in [9.17, 15) is 0 Å². The van der Waals surface area contributed by atoms with E-state index < -0.39 is 0 Å². The second-order valence-corrected chi connectivity index (χ2v) is 6.92. The predicted octanol–water partition coefficient (Wildman–Crippen LogP) is 3.78. The smallest absolute Gasteiger partial charge is 0.0413 e. The molecule has 1 fully saturated rings. The van der Waals surface area contributed by atoms with Crippen molar-refractivity contribution in [1.29, 1.82) is 0 Å². The largest absolute Gasteiger partial charge is 0.370 e. The Morgan fingerprint density at radius 1 is 1.32 bits per heavy atom. The molecule has 0 aliphatic carbocycles. The molecule has 2 rings (SSSR count). The molecule has 106 valence electrons. The summed E-state index contributed by atoms with van der Waals surface area (Å²) in [4.78, 5) is 2.51. The lowest BCUT2D eigenvalue weighted by atomic mass is 10.1. The zero-order valence-corrected chi connectivity index (χ0v) is 13.4. The second kappa shape index (κ2) is 7.41. The average molecular weight is 299 g/mol. The van der Waals surface area contributed by atoms with Crippen molar-refractivity contribution in [3.8, 4) is 0 Å². The van der Waals surface area contributed by atoms with Crippen LogP contribution < -0.4 is 10.2 Å². The van der Waals surface area contributed by atoms with Crippen LogP contribution in [0.15, 0.2) is 18.2 Å². The third kappa shape index (κ3) is 4.59. The Bertz CT molecular complexity index is 401. The van der Waals surface area contributed by atoms with Crippen LogP contribution in [0.1, 0.15) is 25.8 Å². The fourth-order valence-electron chi connectivity index (χ4n) is 2.31. The summed E-state index contributed by atoms with van der Waals surface area (Å²) in [6.07, 6.45) is 1.27. The average Bonchev–Trinajstić information content (AvgIpc) is 2.65. The third-order valence-electron chi connectivity index (χ3n) is 3.31. The predicted molar refractivity (Wildman–Crippen MR) is 87.6 cm³/mol. The minimum absolute atomic E-state index is 0.492. The van der Waals surface area contributed by atoms with Crippen LogP contribution in [-0.4, -0.2) is 30.6 Å². The van der Waals surface area contributed by atoms with E-state index in [-0.39, 0.29) is 0 Å². The topological polar surface area (TPSA) is 15.3 Å². The summed E-state index contributed by atoms with van der Waals surface area (Å²) >= 11 is 8.21. The van der Waals surface area contributed by atoms with E-state index in [4.69, 9.17) is 11.6 Å². The van der Waals surface area contributed by atoms with E-state index in [1.807, 2.05) is 6.07 Å². The molecule has 1 N–H and O–H groups in total. The van der Waals surface area contributed by atoms with Crippen LogP contribution in [0.5, 0.6) is 0 Å². The Morgan fingerprint density at radius 2 is 2.16 bits per heavy atom. The van der Waals surface area contributed by atoms with Crippen molar-refractivity contribution in [3.05, 3.63) is 28.8 Å². The molecular weight excluding hydrogens is 276 g/mol. The Kier molecular flexibility index (Phi) is 5.86. The van der Waals surface area contributed by atoms with E-state index in [2.05, 4.69) is 48.0 Å². The van der Waals surface area contributed by atoms with E-state index in [0.717, 1.165) is 24.7 Å². The lowest BCUT2D eigenvalue weighted by molar-refractivity contribution is 0.588. The van der Waals surface area contributed by atoms with Crippen LogP contribution in [0.2, 0.25) is 5.02 Å². The molecule has 0 radical (unpaired) electrons. The first-order valence-electron chi connectivity index (χ1n) is 7.01. The molecule has 0 bridgehead atoms. The Balaban J connectivity index is 2.17. The molecule has 1 aromatic rings. The van der Waals surface area contributed by atoms with Gasteiger partial charge in [-0.1, -0.05) is 25.4 Å². The van der Waals surface area contributed by atoms with Gasteiger partial charge in [-0.05, 0) is 35.9 Å². The van der Waals surface area contributed by atoms with Crippen LogP contribution >= 0.6 is 23.4 Å². The van der Waals surface area contributed by atoms with Gasteiger partial charge in [-0.3, -0.25) is 0 Å². The molecule has 0 aromatic heterocycles. The third-order valence-corrected chi connectivity index (χ3v) is 4.59. The highest BCUT2D eigenvalue weighted by Gasteiger charge is 2.14. The standard InChI is InChI=1S/C15H23ClN2S/c1-12(2)17-11-13-10-14(16)4-5-15(13)18-6-3-8-19-9-7-18/h4-5,10,12,17H,3,6-9,11H2,1-2H3. The normalized spacial score (nSPS) is 16.7. The summed E-state index contributed by atoms with van der Waals surface area (Å²) in [5, 5.41) is 4.32. The van der Waals surface area contributed by atoms with Crippen molar-refractivity contribution in [2.75, 3.05) is 29.5 Å². The fraction of sp³-hybridized carbons (Fsp3) is 0.600. The number of thioether (sulfide) groups is 1. The highest BCUT2D eigenvalue weighted by Crippen LogP contribution is 2.26. The number of nitrogens with one attached hydrogen (secondary N) is 1. The molecule has 1 heterocycles. The lowest BCUT2D eigenvalue weighted by Crippen LogP contribution is -2.28. The number of hydrogen-bond acceptors (Lipinski definition) is 3. The van der Waals surface area contributed by atoms with Gasteiger partial charge >= 0.3 is 0 Å². The van der Waals surface area contributed by atoms with Crippen molar-refractivity contribution in [2.24, 2.45) is 0 Å². The van der Waals surface area contributed by atoms with Crippen LogP contribution in [-0.2, 0) is 6.54 Å². The summed E-state index contributed by atoms with van der Waals surface area (Å²) in [7, 11) is 0. The quantitative estimate of drug-likeness (QED) is 0.911. The summed E-state index contributed by atoms with van der Waals surface area (Å²) in [5.41, 5.74) is 2.66. The monoisotopic (exact) mass is 298 g/mol. The molecule has 1 aliphatic rings. The molecule has 1 aromatic carbocycles. The van der Waals surface area contributed by atoms with E-state index in [1.54, 1.807) is 0 Å². The second-order valence-electron chi connectivity index (χ2n) is 5.26. The van der Waals surface area contributed by atoms with Crippen LogP contribution in [0.3, 0.4) is 0 Å². The van der Waals surface area contributed by atoms with E-state index in [1.165, 1.54) is 29.2 Å². The number of halogens is 1. The van der Waals surface area contributed by atoms with Gasteiger partial charge in [0.15, 0.2) is 0 Å². The number of rotatable bonds is 4. The van der Waals surface area contributed by atoms with Crippen LogP contribution in [0.25, 0.3) is 0 Å². The zero-order valence-electron chi connectivity index (χ0n) is 11.8. The van der Waals surface area contributed by atoms with Gasteiger partial charge in [-0.25, -0.2) is 0 Å². The SMILES string of the molecule is CC(C)NCc1cc(Cl)ccc1N1CCCSCC1. The van der Waals surface area contributed by atoms with Gasteiger partial charge in [0, 0.05) is 42.1 Å². The molecule has 4 heteroatoms. The van der Waals surface area contributed by atoms with Gasteiger partial charge in [0.05, 0.1) is 0 Å². The van der Waals surface area contributed by atoms with Gasteiger partial charge in [-0.15, -0.1) is 0 Å². The van der Waals surface area contributed by atoms with Crippen molar-refractivity contribution in [3.63, 3.8) is 0 Å². The molecule has 0 amide bonds. The highest BCUT2D eigenvalue weighted by molar-refractivity contribution is 7.99. The Morgan fingerprint density at radius 3 is 2.95 bits per heavy atom. The molecule has 0 saturated carbocycles. The van der Waals surface area contributed by atoms with Gasteiger partial charge < -0.3 is 10.2 Å². The maximum atomic E-state index is 6.15. The molecule has 2 nitrogen and oxygen atoms in total. The van der Waals surface area contributed by atoms with Crippen LogP contribution in [0, 0.1) is 0 Å². The zero-order chi connectivity index (χ0) is 13.7. The summed E-state index contributed by atoms with van der Waals surface area (Å²) in [6.45, 7) is 7.53. The van der Waals surface area contributed by atoms with Gasteiger partial charge in [0.25, 0.3) is 0 Å². The molecule has 1 aliphatic heterocycles. The fourth-order valence-corrected chi connectivity index (χ4v) is 3.39. The lowest BCUT2D eigenvalue weighted by Gasteiger charge is -2.26. The number of hydrogen-bond donors (Lipinski definition) is 1. The number of anilines is 1. The minimum atomic E-state index is 0.492. The first-order valence-corrected chi connectivity index (χ1v) is 8.54. The molecule has 19 heavy (non-hydrogen) atoms. The van der Waals surface area contributed by atoms with Crippen molar-refractivity contribution in [1.82, 2.24) is 5.32 Å². The van der Waals surface area contributed by atoms with Gasteiger partial charge in [-0.2, -0.15) is 11.8 Å². The van der Waals surface area contributed by atoms with Gasteiger partial charge in [0.2, 0.25) is 0 Å². The molecule has 0 atom stereocenters. The van der Waals surface area contributed by atoms with Crippen molar-refractivity contribution >= 4 is 29.1 Å². The number of nitrogens with zero attached hydrogens (tertiary/aromatic N) is 1. The van der Waals surface area contributed by atoms with Crippen LogP contribution in [0.4, 0.5) is 5.69 Å². The molecule has 1 saturated heterocycles. The maximum absolute atomic E-state index is 6.15. The molecule has 0 unspecified atom stereocenters. The Hall–Kier alpha value is -0.380. The van der Waals surface area contributed by atoms with Crippen molar-refractivity contribution in [2.45, 2.75) is 32.9 Å². The summed E-state index contributed by atoms with van der Waals surface area (Å²) in [6, 6.07) is 6.78. The Labute approximate surface area is 125 Å². The maximum Gasteiger partial charge on any atom is 0.0413 e. The molecule has 0 spiro atoms. The first kappa shape index (κ1) is 15.0. The minimum Gasteiger partial charge on any atom is -0.370 e. The van der Waals surface area contributed by atoms with Gasteiger partial charge in [0.1, 0.15) is 0 Å². The summed E-state index contributed by atoms with van der Waals surface area (Å²) < 4.78 is 0. The molecular formula is C15H23ClN2S. The first-order chi connectivity index (χ1) is 9.16. The van der Waals surface area contributed by atoms with E-state index >= 15 is 0 Å². The highest BCUT2D eigenvalue weighted by atomic mass is 35.5. The number of benzene rings is 1. The van der Waals surface area contributed by atoms with Crippen molar-refractivity contribution < 1.29 is 0 Å². The van der Waals surface area contributed by atoms with E-state index in [0.29, 0.717) is 6.04 Å².